The Labute approximate surface area is 160 Å². The number of nitrogens with one attached hydrogen (secondary N) is 2. The van der Waals surface area contributed by atoms with Crippen molar-refractivity contribution < 1.29 is 4.74 Å². The van der Waals surface area contributed by atoms with Gasteiger partial charge in [0, 0.05) is 39.9 Å². The van der Waals surface area contributed by atoms with E-state index in [2.05, 4.69) is 41.3 Å². The molecule has 6 heteroatoms. The largest absolute Gasteiger partial charge is 0.381 e. The SMILES string of the molecule is CCCN1CCC(CNC(=NC)NCCCOCC(C)C)C1.I. The molecule has 0 spiro atoms. The molecular formula is C17H37IN4O. The van der Waals surface area contributed by atoms with Gasteiger partial charge in [-0.25, -0.2) is 0 Å². The number of ether oxygens (including phenoxy) is 1. The maximum atomic E-state index is 5.58. The molecule has 5 nitrogen and oxygen atoms in total. The van der Waals surface area contributed by atoms with Crippen LogP contribution in [0.4, 0.5) is 0 Å². The number of halogens is 1. The van der Waals surface area contributed by atoms with Crippen LogP contribution in [0.1, 0.15) is 40.0 Å². The fraction of sp³-hybridized carbons (Fsp3) is 0.941. The molecule has 2 N–H and O–H groups in total. The number of likely N-dealkylation sites (tertiary alicyclic amines) is 1. The minimum atomic E-state index is 0. The van der Waals surface area contributed by atoms with Gasteiger partial charge in [0.2, 0.25) is 0 Å². The Kier molecular flexibility index (Phi) is 14.2. The van der Waals surface area contributed by atoms with Crippen LogP contribution in [-0.4, -0.2) is 63.8 Å². The molecule has 0 amide bonds. The van der Waals surface area contributed by atoms with Crippen molar-refractivity contribution in [2.24, 2.45) is 16.8 Å². The van der Waals surface area contributed by atoms with Crippen molar-refractivity contribution >= 4 is 29.9 Å². The predicted molar refractivity (Wildman–Crippen MR) is 110 cm³/mol. The highest BCUT2D eigenvalue weighted by Crippen LogP contribution is 2.15. The maximum absolute atomic E-state index is 5.58. The van der Waals surface area contributed by atoms with Crippen LogP contribution in [0.25, 0.3) is 0 Å². The summed E-state index contributed by atoms with van der Waals surface area (Å²) in [6.07, 6.45) is 3.57. The van der Waals surface area contributed by atoms with Crippen molar-refractivity contribution in [2.75, 3.05) is 53.0 Å². The van der Waals surface area contributed by atoms with Gasteiger partial charge in [-0.05, 0) is 44.2 Å². The van der Waals surface area contributed by atoms with Crippen LogP contribution in [0.3, 0.4) is 0 Å². The van der Waals surface area contributed by atoms with E-state index >= 15 is 0 Å². The van der Waals surface area contributed by atoms with Gasteiger partial charge in [-0.2, -0.15) is 0 Å². The third-order valence-electron chi connectivity index (χ3n) is 3.90. The Morgan fingerprint density at radius 1 is 1.35 bits per heavy atom. The van der Waals surface area contributed by atoms with E-state index in [4.69, 9.17) is 4.74 Å². The normalized spacial score (nSPS) is 19.0. The zero-order valence-corrected chi connectivity index (χ0v) is 17.8. The topological polar surface area (TPSA) is 48.9 Å². The number of hydrogen-bond acceptors (Lipinski definition) is 3. The average Bonchev–Trinajstić information content (AvgIpc) is 2.93. The Hall–Kier alpha value is -0.0800. The lowest BCUT2D eigenvalue weighted by Crippen LogP contribution is -2.40. The molecule has 1 aliphatic rings. The molecule has 0 aromatic rings. The molecule has 1 atom stereocenters. The van der Waals surface area contributed by atoms with E-state index in [1.165, 1.54) is 32.5 Å². The van der Waals surface area contributed by atoms with Crippen LogP contribution >= 0.6 is 24.0 Å². The summed E-state index contributed by atoms with van der Waals surface area (Å²) < 4.78 is 5.58. The van der Waals surface area contributed by atoms with Crippen LogP contribution in [0.15, 0.2) is 4.99 Å². The van der Waals surface area contributed by atoms with Gasteiger partial charge in [0.15, 0.2) is 5.96 Å². The summed E-state index contributed by atoms with van der Waals surface area (Å²) in [5.41, 5.74) is 0. The second-order valence-electron chi connectivity index (χ2n) is 6.66. The number of aliphatic imine (C=N–C) groups is 1. The molecule has 1 aliphatic heterocycles. The van der Waals surface area contributed by atoms with Crippen LogP contribution in [0.2, 0.25) is 0 Å². The summed E-state index contributed by atoms with van der Waals surface area (Å²) in [4.78, 5) is 6.85. The predicted octanol–water partition coefficient (Wildman–Crippen LogP) is 2.56. The lowest BCUT2D eigenvalue weighted by molar-refractivity contribution is 0.108. The van der Waals surface area contributed by atoms with Gasteiger partial charge in [-0.3, -0.25) is 4.99 Å². The van der Waals surface area contributed by atoms with Crippen molar-refractivity contribution in [2.45, 2.75) is 40.0 Å². The van der Waals surface area contributed by atoms with Crippen molar-refractivity contribution in [1.82, 2.24) is 15.5 Å². The van der Waals surface area contributed by atoms with Gasteiger partial charge in [-0.1, -0.05) is 20.8 Å². The zero-order valence-electron chi connectivity index (χ0n) is 15.4. The second kappa shape index (κ2) is 14.3. The van der Waals surface area contributed by atoms with Gasteiger partial charge >= 0.3 is 0 Å². The lowest BCUT2D eigenvalue weighted by atomic mass is 10.1. The molecule has 0 radical (unpaired) electrons. The highest BCUT2D eigenvalue weighted by molar-refractivity contribution is 14.0. The van der Waals surface area contributed by atoms with Gasteiger partial charge in [-0.15, -0.1) is 24.0 Å². The molecule has 1 heterocycles. The highest BCUT2D eigenvalue weighted by atomic mass is 127. The first kappa shape index (κ1) is 22.9. The Balaban J connectivity index is 0.00000484. The minimum absolute atomic E-state index is 0. The van der Waals surface area contributed by atoms with Crippen LogP contribution in [0, 0.1) is 11.8 Å². The van der Waals surface area contributed by atoms with E-state index in [0.29, 0.717) is 5.92 Å². The number of nitrogens with zero attached hydrogens (tertiary/aromatic N) is 2. The number of guanidine groups is 1. The van der Waals surface area contributed by atoms with E-state index in [-0.39, 0.29) is 24.0 Å². The molecule has 0 aromatic carbocycles. The summed E-state index contributed by atoms with van der Waals surface area (Å²) in [5.74, 6) is 2.28. The molecule has 1 unspecified atom stereocenters. The Morgan fingerprint density at radius 2 is 2.13 bits per heavy atom. The van der Waals surface area contributed by atoms with E-state index < -0.39 is 0 Å². The highest BCUT2D eigenvalue weighted by Gasteiger charge is 2.21. The maximum Gasteiger partial charge on any atom is 0.190 e. The van der Waals surface area contributed by atoms with Gasteiger partial charge in [0.05, 0.1) is 0 Å². The molecule has 1 saturated heterocycles. The quantitative estimate of drug-likeness (QED) is 0.237. The molecule has 0 saturated carbocycles. The lowest BCUT2D eigenvalue weighted by Gasteiger charge is -2.17. The zero-order chi connectivity index (χ0) is 16.2. The average molecular weight is 440 g/mol. The third kappa shape index (κ3) is 11.2. The number of rotatable bonds is 10. The summed E-state index contributed by atoms with van der Waals surface area (Å²) in [7, 11) is 1.84. The van der Waals surface area contributed by atoms with Gasteiger partial charge < -0.3 is 20.3 Å². The summed E-state index contributed by atoms with van der Waals surface area (Å²) in [6, 6.07) is 0. The third-order valence-corrected chi connectivity index (χ3v) is 3.90. The minimum Gasteiger partial charge on any atom is -0.381 e. The van der Waals surface area contributed by atoms with Crippen LogP contribution < -0.4 is 10.6 Å². The molecule has 0 bridgehead atoms. The summed E-state index contributed by atoms with van der Waals surface area (Å²) >= 11 is 0. The van der Waals surface area contributed by atoms with E-state index in [1.54, 1.807) is 0 Å². The number of hydrogen-bond donors (Lipinski definition) is 2. The smallest absolute Gasteiger partial charge is 0.190 e. The van der Waals surface area contributed by atoms with Crippen LogP contribution in [0.5, 0.6) is 0 Å². The first-order chi connectivity index (χ1) is 10.7. The fourth-order valence-electron chi connectivity index (χ4n) is 2.76. The standard InChI is InChI=1S/C17H36N4O.HI/c1-5-9-21-10-7-16(13-21)12-20-17(18-4)19-8-6-11-22-14-15(2)3;/h15-16H,5-14H2,1-4H3,(H2,18,19,20);1H. The van der Waals surface area contributed by atoms with Crippen molar-refractivity contribution in [3.8, 4) is 0 Å². The molecule has 0 aliphatic carbocycles. The molecule has 138 valence electrons. The molecule has 23 heavy (non-hydrogen) atoms. The van der Waals surface area contributed by atoms with Crippen molar-refractivity contribution in [3.63, 3.8) is 0 Å². The summed E-state index contributed by atoms with van der Waals surface area (Å²) in [6.45, 7) is 13.9. The van der Waals surface area contributed by atoms with Crippen molar-refractivity contribution in [3.05, 3.63) is 0 Å². The summed E-state index contributed by atoms with van der Waals surface area (Å²) in [5, 5.41) is 6.82. The second-order valence-corrected chi connectivity index (χ2v) is 6.66. The molecular weight excluding hydrogens is 403 g/mol. The van der Waals surface area contributed by atoms with E-state index in [0.717, 1.165) is 44.6 Å². The Bertz CT molecular complexity index is 313. The van der Waals surface area contributed by atoms with E-state index in [9.17, 15) is 0 Å². The molecule has 0 aromatic heterocycles. The first-order valence-corrected chi connectivity index (χ1v) is 8.90. The first-order valence-electron chi connectivity index (χ1n) is 8.90. The molecule has 1 fully saturated rings. The van der Waals surface area contributed by atoms with Gasteiger partial charge in [0.1, 0.15) is 0 Å². The molecule has 1 rings (SSSR count). The monoisotopic (exact) mass is 440 g/mol. The van der Waals surface area contributed by atoms with Crippen LogP contribution in [-0.2, 0) is 4.74 Å². The van der Waals surface area contributed by atoms with Crippen molar-refractivity contribution in [1.29, 1.82) is 0 Å². The fourth-order valence-corrected chi connectivity index (χ4v) is 2.76. The van der Waals surface area contributed by atoms with Gasteiger partial charge in [0.25, 0.3) is 0 Å². The Morgan fingerprint density at radius 3 is 2.78 bits per heavy atom. The van der Waals surface area contributed by atoms with E-state index in [1.807, 2.05) is 7.05 Å².